The molecule has 0 amide bonds. The molecule has 2 atom stereocenters. The minimum atomic E-state index is -0.0422. The van der Waals surface area contributed by atoms with Crippen LogP contribution in [0.25, 0.3) is 0 Å². The predicted octanol–water partition coefficient (Wildman–Crippen LogP) is 4.58. The predicted molar refractivity (Wildman–Crippen MR) is 95.4 cm³/mol. The number of ether oxygens (including phenoxy) is 2. The van der Waals surface area contributed by atoms with Crippen LogP contribution in [0.2, 0.25) is 0 Å². The van der Waals surface area contributed by atoms with E-state index >= 15 is 0 Å². The standard InChI is InChI=1S/C20H34O3/c1-17(22-14-13-20(3,4)16-21)9-8-10-18(2)23-15-19-11-6-5-7-12-19/h5-7,11-12,17-18,21H,8-10,13-16H2,1-4H3. The Kier molecular flexibility index (Phi) is 9.46. The molecule has 0 heterocycles. The van der Waals surface area contributed by atoms with Crippen molar-refractivity contribution in [1.29, 1.82) is 0 Å². The van der Waals surface area contributed by atoms with Crippen molar-refractivity contribution >= 4 is 0 Å². The summed E-state index contributed by atoms with van der Waals surface area (Å²) in [5.74, 6) is 0. The van der Waals surface area contributed by atoms with Crippen molar-refractivity contribution in [3.63, 3.8) is 0 Å². The van der Waals surface area contributed by atoms with Crippen LogP contribution >= 0.6 is 0 Å². The van der Waals surface area contributed by atoms with Crippen molar-refractivity contribution in [2.75, 3.05) is 13.2 Å². The molecule has 0 aliphatic carbocycles. The molecule has 0 fully saturated rings. The maximum atomic E-state index is 9.23. The van der Waals surface area contributed by atoms with Gasteiger partial charge < -0.3 is 14.6 Å². The van der Waals surface area contributed by atoms with Gasteiger partial charge in [-0.3, -0.25) is 0 Å². The Hall–Kier alpha value is -0.900. The fourth-order valence-corrected chi connectivity index (χ4v) is 2.29. The summed E-state index contributed by atoms with van der Waals surface area (Å²) in [5.41, 5.74) is 1.18. The highest BCUT2D eigenvalue weighted by Gasteiger charge is 2.16. The monoisotopic (exact) mass is 322 g/mol. The Labute approximate surface area is 142 Å². The van der Waals surface area contributed by atoms with Gasteiger partial charge in [-0.05, 0) is 50.5 Å². The number of hydrogen-bond acceptors (Lipinski definition) is 3. The highest BCUT2D eigenvalue weighted by Crippen LogP contribution is 2.19. The number of aliphatic hydroxyl groups is 1. The first-order valence-corrected chi connectivity index (χ1v) is 8.81. The van der Waals surface area contributed by atoms with Gasteiger partial charge in [0.05, 0.1) is 18.8 Å². The van der Waals surface area contributed by atoms with Crippen LogP contribution in [0.1, 0.15) is 58.9 Å². The molecule has 0 spiro atoms. The Bertz CT molecular complexity index is 403. The van der Waals surface area contributed by atoms with E-state index in [0.29, 0.717) is 6.61 Å². The quantitative estimate of drug-likeness (QED) is 0.612. The maximum Gasteiger partial charge on any atom is 0.0720 e. The van der Waals surface area contributed by atoms with Crippen LogP contribution in [-0.4, -0.2) is 30.5 Å². The molecule has 132 valence electrons. The first kappa shape index (κ1) is 20.1. The highest BCUT2D eigenvalue weighted by molar-refractivity contribution is 5.13. The first-order chi connectivity index (χ1) is 10.9. The summed E-state index contributed by atoms with van der Waals surface area (Å²) in [6, 6.07) is 10.3. The Morgan fingerprint density at radius 3 is 2.22 bits per heavy atom. The molecule has 0 saturated carbocycles. The van der Waals surface area contributed by atoms with Crippen LogP contribution in [0.4, 0.5) is 0 Å². The van der Waals surface area contributed by atoms with Crippen LogP contribution in [-0.2, 0) is 16.1 Å². The zero-order valence-corrected chi connectivity index (χ0v) is 15.3. The molecule has 1 rings (SSSR count). The van der Waals surface area contributed by atoms with E-state index in [1.165, 1.54) is 5.56 Å². The molecular formula is C20H34O3. The SMILES string of the molecule is CC(CCCC(C)OCc1ccccc1)OCCC(C)(C)CO. The molecular weight excluding hydrogens is 288 g/mol. The average molecular weight is 322 g/mol. The molecule has 2 unspecified atom stereocenters. The minimum Gasteiger partial charge on any atom is -0.396 e. The van der Waals surface area contributed by atoms with Gasteiger partial charge in [0, 0.05) is 13.2 Å². The van der Waals surface area contributed by atoms with Crippen molar-refractivity contribution in [3.05, 3.63) is 35.9 Å². The van der Waals surface area contributed by atoms with Gasteiger partial charge in [0.2, 0.25) is 0 Å². The van der Waals surface area contributed by atoms with Crippen LogP contribution < -0.4 is 0 Å². The van der Waals surface area contributed by atoms with Crippen molar-refractivity contribution in [2.24, 2.45) is 5.41 Å². The molecule has 1 N–H and O–H groups in total. The fraction of sp³-hybridized carbons (Fsp3) is 0.700. The summed E-state index contributed by atoms with van der Waals surface area (Å²) < 4.78 is 11.7. The average Bonchev–Trinajstić information content (AvgIpc) is 2.54. The van der Waals surface area contributed by atoms with E-state index in [9.17, 15) is 5.11 Å². The highest BCUT2D eigenvalue weighted by atomic mass is 16.5. The van der Waals surface area contributed by atoms with Crippen LogP contribution in [0, 0.1) is 5.41 Å². The van der Waals surface area contributed by atoms with Crippen molar-refractivity contribution in [1.82, 2.24) is 0 Å². The van der Waals surface area contributed by atoms with E-state index < -0.39 is 0 Å². The Morgan fingerprint density at radius 2 is 1.61 bits per heavy atom. The minimum absolute atomic E-state index is 0.0422. The lowest BCUT2D eigenvalue weighted by atomic mass is 9.91. The summed E-state index contributed by atoms with van der Waals surface area (Å²) in [4.78, 5) is 0. The van der Waals surface area contributed by atoms with Crippen molar-refractivity contribution < 1.29 is 14.6 Å². The van der Waals surface area contributed by atoms with Gasteiger partial charge in [-0.25, -0.2) is 0 Å². The summed E-state index contributed by atoms with van der Waals surface area (Å²) >= 11 is 0. The normalized spacial score (nSPS) is 14.7. The van der Waals surface area contributed by atoms with Gasteiger partial charge >= 0.3 is 0 Å². The summed E-state index contributed by atoms with van der Waals surface area (Å²) in [6.45, 7) is 10.00. The number of rotatable bonds is 12. The van der Waals surface area contributed by atoms with Crippen LogP contribution in [0.3, 0.4) is 0 Å². The van der Waals surface area contributed by atoms with Crippen molar-refractivity contribution in [2.45, 2.75) is 72.2 Å². The lowest BCUT2D eigenvalue weighted by Gasteiger charge is -2.22. The van der Waals surface area contributed by atoms with Gasteiger partial charge in [0.1, 0.15) is 0 Å². The van der Waals surface area contributed by atoms with E-state index in [-0.39, 0.29) is 24.2 Å². The molecule has 1 aromatic carbocycles. The van der Waals surface area contributed by atoms with Gasteiger partial charge in [0.15, 0.2) is 0 Å². The number of hydrogen-bond donors (Lipinski definition) is 1. The maximum absolute atomic E-state index is 9.23. The zero-order chi connectivity index (χ0) is 17.1. The van der Waals surface area contributed by atoms with E-state index in [1.807, 2.05) is 18.2 Å². The second kappa shape index (κ2) is 10.8. The Balaban J connectivity index is 2.06. The molecule has 0 radical (unpaired) electrons. The van der Waals surface area contributed by atoms with Crippen LogP contribution in [0.5, 0.6) is 0 Å². The van der Waals surface area contributed by atoms with E-state index in [2.05, 4.69) is 39.8 Å². The fourth-order valence-electron chi connectivity index (χ4n) is 2.29. The third-order valence-corrected chi connectivity index (χ3v) is 4.21. The zero-order valence-electron chi connectivity index (χ0n) is 15.3. The summed E-state index contributed by atoms with van der Waals surface area (Å²) in [7, 11) is 0. The second-order valence-electron chi connectivity index (χ2n) is 7.29. The molecule has 23 heavy (non-hydrogen) atoms. The lowest BCUT2D eigenvalue weighted by molar-refractivity contribution is 0.0200. The van der Waals surface area contributed by atoms with E-state index in [1.54, 1.807) is 0 Å². The molecule has 3 nitrogen and oxygen atoms in total. The molecule has 0 aliphatic heterocycles. The van der Waals surface area contributed by atoms with Crippen LogP contribution in [0.15, 0.2) is 30.3 Å². The topological polar surface area (TPSA) is 38.7 Å². The van der Waals surface area contributed by atoms with E-state index in [0.717, 1.165) is 32.3 Å². The number of benzene rings is 1. The molecule has 1 aromatic rings. The molecule has 0 aromatic heterocycles. The lowest BCUT2D eigenvalue weighted by Crippen LogP contribution is -2.21. The third kappa shape index (κ3) is 9.75. The van der Waals surface area contributed by atoms with Gasteiger partial charge in [-0.15, -0.1) is 0 Å². The molecule has 0 aliphatic rings. The smallest absolute Gasteiger partial charge is 0.0720 e. The molecule has 3 heteroatoms. The van der Waals surface area contributed by atoms with Gasteiger partial charge in [0.25, 0.3) is 0 Å². The third-order valence-electron chi connectivity index (χ3n) is 4.21. The molecule has 0 bridgehead atoms. The van der Waals surface area contributed by atoms with Crippen molar-refractivity contribution in [3.8, 4) is 0 Å². The summed E-state index contributed by atoms with van der Waals surface area (Å²) in [5, 5.41) is 9.23. The largest absolute Gasteiger partial charge is 0.396 e. The Morgan fingerprint density at radius 1 is 1.00 bits per heavy atom. The number of aliphatic hydroxyl groups excluding tert-OH is 1. The van der Waals surface area contributed by atoms with Gasteiger partial charge in [-0.1, -0.05) is 44.2 Å². The van der Waals surface area contributed by atoms with E-state index in [4.69, 9.17) is 9.47 Å². The summed E-state index contributed by atoms with van der Waals surface area (Å²) in [6.07, 6.45) is 4.66. The second-order valence-corrected chi connectivity index (χ2v) is 7.29. The molecule has 0 saturated heterocycles. The van der Waals surface area contributed by atoms with Gasteiger partial charge in [-0.2, -0.15) is 0 Å². The first-order valence-electron chi connectivity index (χ1n) is 8.81.